The molecule has 0 saturated carbocycles. The Balaban J connectivity index is 4.56. The number of aliphatic carboxylic acids is 1. The highest BCUT2D eigenvalue weighted by Crippen LogP contribution is 2.12. The summed E-state index contributed by atoms with van der Waals surface area (Å²) in [6.07, 6.45) is -0.528. The summed E-state index contributed by atoms with van der Waals surface area (Å²) in [5, 5.41) is 11.1. The van der Waals surface area contributed by atoms with Gasteiger partial charge in [-0.25, -0.2) is 9.59 Å². The number of amides is 1. The molecule has 0 aliphatic rings. The molecule has 0 aromatic rings. The van der Waals surface area contributed by atoms with Gasteiger partial charge in [-0.15, -0.1) is 0 Å². The molecule has 1 amide bonds. The van der Waals surface area contributed by atoms with Crippen molar-refractivity contribution >= 4 is 12.1 Å². The largest absolute Gasteiger partial charge is 0.480 e. The Hall–Kier alpha value is -1.33. The average molecular weight is 249 g/mol. The molecular weight excluding hydrogens is 229 g/mol. The molecule has 0 saturated heterocycles. The number of hydrogen-bond donors (Lipinski definition) is 2. The molecule has 6 heteroatoms. The monoisotopic (exact) mass is 249 g/mol. The van der Waals surface area contributed by atoms with E-state index in [1.165, 1.54) is 0 Å². The third-order valence-electron chi connectivity index (χ3n) is 2.13. The fraction of sp³-hybridized carbons (Fsp3) is 0.818. The second kappa shape index (κ2) is 6.42. The van der Waals surface area contributed by atoms with Crippen molar-refractivity contribution in [2.45, 2.75) is 45.8 Å². The lowest BCUT2D eigenvalue weighted by Gasteiger charge is -2.24. The van der Waals surface area contributed by atoms with Crippen molar-refractivity contribution in [2.75, 3.05) is 6.67 Å². The van der Waals surface area contributed by atoms with Gasteiger partial charge in [-0.2, -0.15) is 0 Å². The molecule has 0 heterocycles. The highest BCUT2D eigenvalue weighted by atomic mass is 19.1. The molecule has 0 bridgehead atoms. The van der Waals surface area contributed by atoms with Gasteiger partial charge in [0.25, 0.3) is 0 Å². The number of carboxylic acids is 1. The Morgan fingerprint density at radius 1 is 1.41 bits per heavy atom. The summed E-state index contributed by atoms with van der Waals surface area (Å²) in [5.41, 5.74) is -0.718. The van der Waals surface area contributed by atoms with Gasteiger partial charge in [-0.1, -0.05) is 6.92 Å². The molecule has 0 unspecified atom stereocenters. The maximum Gasteiger partial charge on any atom is 0.408 e. The molecule has 100 valence electrons. The number of halogens is 1. The Bertz CT molecular complexity index is 271. The Morgan fingerprint density at radius 2 is 1.94 bits per heavy atom. The Kier molecular flexibility index (Phi) is 5.91. The molecule has 17 heavy (non-hydrogen) atoms. The molecule has 0 radical (unpaired) electrons. The number of ether oxygens (including phenoxy) is 1. The van der Waals surface area contributed by atoms with Gasteiger partial charge in [-0.3, -0.25) is 4.39 Å². The van der Waals surface area contributed by atoms with Gasteiger partial charge in [0.2, 0.25) is 0 Å². The highest BCUT2D eigenvalue weighted by molar-refractivity contribution is 5.80. The van der Waals surface area contributed by atoms with Gasteiger partial charge in [0.15, 0.2) is 0 Å². The van der Waals surface area contributed by atoms with Crippen LogP contribution in [-0.2, 0) is 9.53 Å². The molecular formula is C11H20FNO4. The van der Waals surface area contributed by atoms with E-state index in [4.69, 9.17) is 9.84 Å². The minimum Gasteiger partial charge on any atom is -0.480 e. The van der Waals surface area contributed by atoms with Gasteiger partial charge in [0, 0.05) is 5.92 Å². The molecule has 0 fully saturated rings. The van der Waals surface area contributed by atoms with Gasteiger partial charge in [0.1, 0.15) is 11.6 Å². The van der Waals surface area contributed by atoms with E-state index >= 15 is 0 Å². The number of nitrogens with one attached hydrogen (secondary N) is 1. The van der Waals surface area contributed by atoms with Gasteiger partial charge >= 0.3 is 12.1 Å². The van der Waals surface area contributed by atoms with E-state index in [1.807, 2.05) is 0 Å². The Labute approximate surface area is 100 Å². The number of carbonyl (C=O) groups excluding carboxylic acids is 1. The fourth-order valence-electron chi connectivity index (χ4n) is 1.25. The second-order valence-corrected chi connectivity index (χ2v) is 4.78. The summed E-state index contributed by atoms with van der Waals surface area (Å²) < 4.78 is 17.5. The number of rotatable bonds is 5. The molecule has 0 rings (SSSR count). The van der Waals surface area contributed by atoms with Crippen molar-refractivity contribution in [3.8, 4) is 0 Å². The SMILES string of the molecule is CC[C@H](CF)[C@H](NC(=O)OC(C)(C)C)C(=O)O. The van der Waals surface area contributed by atoms with Gasteiger partial charge in [-0.05, 0) is 27.2 Å². The van der Waals surface area contributed by atoms with Crippen LogP contribution in [0.4, 0.5) is 9.18 Å². The van der Waals surface area contributed by atoms with E-state index in [9.17, 15) is 14.0 Å². The lowest BCUT2D eigenvalue weighted by atomic mass is 9.99. The summed E-state index contributed by atoms with van der Waals surface area (Å²) in [4.78, 5) is 22.3. The van der Waals surface area contributed by atoms with Crippen LogP contribution in [0, 0.1) is 5.92 Å². The van der Waals surface area contributed by atoms with Crippen LogP contribution in [0.25, 0.3) is 0 Å². The summed E-state index contributed by atoms with van der Waals surface area (Å²) in [7, 11) is 0. The van der Waals surface area contributed by atoms with Gasteiger partial charge in [0.05, 0.1) is 6.67 Å². The smallest absolute Gasteiger partial charge is 0.408 e. The first kappa shape index (κ1) is 15.7. The summed E-state index contributed by atoms with van der Waals surface area (Å²) in [5.74, 6) is -2.01. The van der Waals surface area contributed by atoms with Crippen molar-refractivity contribution in [2.24, 2.45) is 5.92 Å². The number of carbonyl (C=O) groups is 2. The molecule has 2 N–H and O–H groups in total. The minimum absolute atomic E-state index is 0.323. The number of carboxylic acid groups (broad SMARTS) is 1. The number of hydrogen-bond acceptors (Lipinski definition) is 3. The summed E-state index contributed by atoms with van der Waals surface area (Å²) >= 11 is 0. The van der Waals surface area contributed by atoms with Crippen molar-refractivity contribution in [1.29, 1.82) is 0 Å². The maximum atomic E-state index is 12.6. The van der Waals surface area contributed by atoms with Crippen LogP contribution >= 0.6 is 0 Å². The van der Waals surface area contributed by atoms with E-state index in [1.54, 1.807) is 27.7 Å². The van der Waals surface area contributed by atoms with Crippen LogP contribution in [-0.4, -0.2) is 35.5 Å². The van der Waals surface area contributed by atoms with E-state index < -0.39 is 36.3 Å². The van der Waals surface area contributed by atoms with Crippen LogP contribution in [0.15, 0.2) is 0 Å². The fourth-order valence-corrected chi connectivity index (χ4v) is 1.25. The van der Waals surface area contributed by atoms with E-state index in [0.29, 0.717) is 6.42 Å². The first-order chi connectivity index (χ1) is 7.71. The first-order valence-corrected chi connectivity index (χ1v) is 5.49. The van der Waals surface area contributed by atoms with Gasteiger partial charge < -0.3 is 15.2 Å². The van der Waals surface area contributed by atoms with Crippen LogP contribution < -0.4 is 5.32 Å². The van der Waals surface area contributed by atoms with Crippen molar-refractivity contribution in [1.82, 2.24) is 5.32 Å². The zero-order valence-electron chi connectivity index (χ0n) is 10.6. The predicted octanol–water partition coefficient (Wildman–Crippen LogP) is 1.96. The zero-order valence-corrected chi connectivity index (χ0v) is 10.6. The van der Waals surface area contributed by atoms with Crippen molar-refractivity contribution in [3.63, 3.8) is 0 Å². The minimum atomic E-state index is -1.26. The molecule has 0 spiro atoms. The van der Waals surface area contributed by atoms with Crippen molar-refractivity contribution < 1.29 is 23.8 Å². The normalized spacial score (nSPS) is 14.9. The Morgan fingerprint density at radius 3 is 2.24 bits per heavy atom. The summed E-state index contributed by atoms with van der Waals surface area (Å²) in [6.45, 7) is 5.85. The molecule has 0 aromatic carbocycles. The van der Waals surface area contributed by atoms with E-state index in [2.05, 4.69) is 5.32 Å². The van der Waals surface area contributed by atoms with Crippen LogP contribution in [0.3, 0.4) is 0 Å². The number of alkyl carbamates (subject to hydrolysis) is 1. The molecule has 0 aromatic heterocycles. The molecule has 2 atom stereocenters. The second-order valence-electron chi connectivity index (χ2n) is 4.78. The topological polar surface area (TPSA) is 75.6 Å². The first-order valence-electron chi connectivity index (χ1n) is 5.49. The molecule has 5 nitrogen and oxygen atoms in total. The standard InChI is InChI=1S/C11H20FNO4/c1-5-7(6-12)8(9(14)15)13-10(16)17-11(2,3)4/h7-8H,5-6H2,1-4H3,(H,13,16)(H,14,15)/t7-,8+/m1/s1. The number of alkyl halides is 1. The quantitative estimate of drug-likeness (QED) is 0.781. The lowest BCUT2D eigenvalue weighted by molar-refractivity contribution is -0.141. The van der Waals surface area contributed by atoms with Crippen LogP contribution in [0.2, 0.25) is 0 Å². The lowest BCUT2D eigenvalue weighted by Crippen LogP contribution is -2.48. The molecule has 0 aliphatic heterocycles. The van der Waals surface area contributed by atoms with Crippen LogP contribution in [0.5, 0.6) is 0 Å². The van der Waals surface area contributed by atoms with E-state index in [0.717, 1.165) is 0 Å². The summed E-state index contributed by atoms with van der Waals surface area (Å²) in [6, 6.07) is -1.26. The third-order valence-corrected chi connectivity index (χ3v) is 2.13. The predicted molar refractivity (Wildman–Crippen MR) is 60.5 cm³/mol. The third kappa shape index (κ3) is 6.09. The van der Waals surface area contributed by atoms with Crippen molar-refractivity contribution in [3.05, 3.63) is 0 Å². The highest BCUT2D eigenvalue weighted by Gasteiger charge is 2.30. The zero-order chi connectivity index (χ0) is 13.6. The maximum absolute atomic E-state index is 12.6. The molecule has 0 aliphatic carbocycles. The van der Waals surface area contributed by atoms with Crippen LogP contribution in [0.1, 0.15) is 34.1 Å². The average Bonchev–Trinajstić information content (AvgIpc) is 2.14. The van der Waals surface area contributed by atoms with E-state index in [-0.39, 0.29) is 0 Å².